The van der Waals surface area contributed by atoms with Crippen LogP contribution in [-0.2, 0) is 4.79 Å². The van der Waals surface area contributed by atoms with Gasteiger partial charge in [-0.15, -0.1) is 0 Å². The van der Waals surface area contributed by atoms with E-state index in [-0.39, 0.29) is 35.3 Å². The van der Waals surface area contributed by atoms with E-state index < -0.39 is 6.10 Å². The van der Waals surface area contributed by atoms with E-state index in [2.05, 4.69) is 0 Å². The lowest BCUT2D eigenvalue weighted by Gasteiger charge is -2.48. The van der Waals surface area contributed by atoms with Crippen molar-refractivity contribution in [1.82, 2.24) is 0 Å². The van der Waals surface area contributed by atoms with Gasteiger partial charge in [-0.1, -0.05) is 42.5 Å². The molecule has 5 nitrogen and oxygen atoms in total. The predicted octanol–water partition coefficient (Wildman–Crippen LogP) is 6.56. The summed E-state index contributed by atoms with van der Waals surface area (Å²) in [4.78, 5) is 14.9. The summed E-state index contributed by atoms with van der Waals surface area (Å²) in [6.07, 6.45) is -0.0616. The molecule has 0 aromatic heterocycles. The second-order valence-corrected chi connectivity index (χ2v) is 9.39. The molecule has 2 N–H and O–H groups in total. The molecule has 1 aliphatic heterocycles. The maximum Gasteiger partial charge on any atom is 0.233 e. The Hall–Kier alpha value is -4.23. The lowest BCUT2D eigenvalue weighted by Crippen LogP contribution is -2.55. The van der Waals surface area contributed by atoms with E-state index in [4.69, 9.17) is 4.74 Å². The molecule has 7 heteroatoms. The summed E-state index contributed by atoms with van der Waals surface area (Å²) in [7, 11) is 1.49. The summed E-state index contributed by atoms with van der Waals surface area (Å²) in [6.45, 7) is 0. The maximum absolute atomic E-state index is 13.6. The Morgan fingerprint density at radius 3 is 2.11 bits per heavy atom. The number of carbonyl (C=O) groups is 1. The van der Waals surface area contributed by atoms with E-state index in [1.165, 1.54) is 31.4 Å². The highest BCUT2D eigenvalue weighted by atomic mass is 19.1. The summed E-state index contributed by atoms with van der Waals surface area (Å²) >= 11 is 0. The first kappa shape index (κ1) is 25.4. The quantitative estimate of drug-likeness (QED) is 0.261. The third kappa shape index (κ3) is 4.97. The van der Waals surface area contributed by atoms with Crippen LogP contribution < -0.4 is 9.64 Å². The molecule has 0 spiro atoms. The van der Waals surface area contributed by atoms with Gasteiger partial charge in [-0.3, -0.25) is 4.79 Å². The zero-order valence-corrected chi connectivity index (χ0v) is 20.7. The number of hydrogen-bond donors (Lipinski definition) is 2. The Balaban J connectivity index is 1.40. The Morgan fingerprint density at radius 2 is 1.47 bits per heavy atom. The molecule has 0 aliphatic carbocycles. The molecule has 1 amide bonds. The third-order valence-corrected chi connectivity index (χ3v) is 7.09. The van der Waals surface area contributed by atoms with Crippen molar-refractivity contribution in [1.29, 1.82) is 0 Å². The van der Waals surface area contributed by atoms with Gasteiger partial charge in [0.2, 0.25) is 5.91 Å². The van der Waals surface area contributed by atoms with Crippen LogP contribution in [0, 0.1) is 17.6 Å². The molecule has 0 radical (unpaired) electrons. The Kier molecular flexibility index (Phi) is 7.11. The van der Waals surface area contributed by atoms with Gasteiger partial charge < -0.3 is 19.8 Å². The summed E-state index contributed by atoms with van der Waals surface area (Å²) in [6, 6.07) is 24.1. The van der Waals surface area contributed by atoms with Crippen molar-refractivity contribution in [3.05, 3.63) is 114 Å². The normalized spacial score (nSPS) is 17.7. The van der Waals surface area contributed by atoms with Gasteiger partial charge in [-0.25, -0.2) is 8.78 Å². The van der Waals surface area contributed by atoms with Gasteiger partial charge in [0.15, 0.2) is 11.5 Å². The number of amides is 1. The van der Waals surface area contributed by atoms with Gasteiger partial charge in [-0.2, -0.15) is 0 Å². The molecule has 1 fully saturated rings. The minimum absolute atomic E-state index is 0.0569. The Bertz CT molecular complexity index is 1420. The van der Waals surface area contributed by atoms with Crippen LogP contribution in [0.5, 0.6) is 11.5 Å². The largest absolute Gasteiger partial charge is 0.504 e. The number of halogens is 2. The van der Waals surface area contributed by atoms with Gasteiger partial charge in [0.1, 0.15) is 11.6 Å². The monoisotopic (exact) mass is 515 g/mol. The second kappa shape index (κ2) is 10.6. The second-order valence-electron chi connectivity index (χ2n) is 9.39. The number of ether oxygens (including phenoxy) is 1. The van der Waals surface area contributed by atoms with Crippen LogP contribution in [0.15, 0.2) is 91.0 Å². The van der Waals surface area contributed by atoms with Crippen LogP contribution in [0.3, 0.4) is 0 Å². The molecule has 0 bridgehead atoms. The van der Waals surface area contributed by atoms with Crippen molar-refractivity contribution in [2.24, 2.45) is 5.92 Å². The number of hydrogen-bond acceptors (Lipinski definition) is 4. The SMILES string of the molecule is COc1cc(-c2ccc(C3C(CC[C@H](O)c4ccc(F)cc4)C(=O)N3c3ccc(F)cc3)cc2)ccc1O. The average molecular weight is 516 g/mol. The van der Waals surface area contributed by atoms with Gasteiger partial charge in [0.05, 0.1) is 25.2 Å². The van der Waals surface area contributed by atoms with Crippen molar-refractivity contribution in [3.63, 3.8) is 0 Å². The lowest BCUT2D eigenvalue weighted by atomic mass is 9.78. The highest BCUT2D eigenvalue weighted by Gasteiger charge is 2.48. The van der Waals surface area contributed by atoms with Crippen LogP contribution >= 0.6 is 0 Å². The summed E-state index contributed by atoms with van der Waals surface area (Å²) in [5.41, 5.74) is 3.88. The molecular weight excluding hydrogens is 488 g/mol. The van der Waals surface area contributed by atoms with Crippen LogP contribution in [-0.4, -0.2) is 23.2 Å². The molecule has 1 aliphatic rings. The average Bonchev–Trinajstić information content (AvgIpc) is 2.93. The number of carbonyl (C=O) groups excluding carboxylic acids is 1. The smallest absolute Gasteiger partial charge is 0.233 e. The number of methoxy groups -OCH3 is 1. The Morgan fingerprint density at radius 1 is 0.868 bits per heavy atom. The molecule has 4 aromatic carbocycles. The van der Waals surface area contributed by atoms with Crippen LogP contribution in [0.1, 0.15) is 36.1 Å². The molecule has 0 saturated carbocycles. The first-order valence-corrected chi connectivity index (χ1v) is 12.3. The van der Waals surface area contributed by atoms with Gasteiger partial charge in [0.25, 0.3) is 0 Å². The molecule has 194 valence electrons. The molecule has 4 aromatic rings. The summed E-state index contributed by atoms with van der Waals surface area (Å²) < 4.78 is 32.1. The molecule has 2 unspecified atom stereocenters. The zero-order chi connectivity index (χ0) is 26.8. The third-order valence-electron chi connectivity index (χ3n) is 7.09. The number of nitrogens with zero attached hydrogens (tertiary/aromatic N) is 1. The highest BCUT2D eigenvalue weighted by Crippen LogP contribution is 2.46. The number of β-lactam (4-membered cyclic amide) rings is 1. The first-order chi connectivity index (χ1) is 18.4. The fourth-order valence-electron chi connectivity index (χ4n) is 5.02. The molecule has 1 saturated heterocycles. The number of aliphatic hydroxyl groups excluding tert-OH is 1. The number of rotatable bonds is 8. The number of anilines is 1. The van der Waals surface area contributed by atoms with E-state index >= 15 is 0 Å². The van der Waals surface area contributed by atoms with Crippen LogP contribution in [0.2, 0.25) is 0 Å². The minimum atomic E-state index is -0.823. The Labute approximate surface area is 219 Å². The summed E-state index contributed by atoms with van der Waals surface area (Å²) in [5, 5.41) is 20.5. The van der Waals surface area contributed by atoms with E-state index in [1.807, 2.05) is 24.3 Å². The molecule has 5 rings (SSSR count). The van der Waals surface area contributed by atoms with Crippen molar-refractivity contribution < 1.29 is 28.5 Å². The van der Waals surface area contributed by atoms with Crippen LogP contribution in [0.25, 0.3) is 11.1 Å². The van der Waals surface area contributed by atoms with E-state index in [1.54, 1.807) is 47.4 Å². The van der Waals surface area contributed by atoms with Crippen molar-refractivity contribution in [2.45, 2.75) is 25.0 Å². The number of aliphatic hydroxyl groups is 1. The first-order valence-electron chi connectivity index (χ1n) is 12.3. The molecule has 3 atom stereocenters. The molecular formula is C31H27F2NO4. The highest BCUT2D eigenvalue weighted by molar-refractivity contribution is 6.03. The zero-order valence-electron chi connectivity index (χ0n) is 20.7. The van der Waals surface area contributed by atoms with E-state index in [0.717, 1.165) is 16.7 Å². The van der Waals surface area contributed by atoms with Crippen molar-refractivity contribution in [3.8, 4) is 22.6 Å². The maximum atomic E-state index is 13.6. The number of aromatic hydroxyl groups is 1. The topological polar surface area (TPSA) is 70.0 Å². The standard InChI is InChI=1S/C31H27F2NO4/c1-38-29-18-22(8-16-28(29)36)19-2-4-21(5-3-19)30-26(15-17-27(35)20-6-9-23(32)10-7-20)31(37)34(30)25-13-11-24(33)12-14-25/h2-14,16,18,26-27,30,35-36H,15,17H2,1H3/t26?,27-,30?/m0/s1. The predicted molar refractivity (Wildman–Crippen MR) is 141 cm³/mol. The van der Waals surface area contributed by atoms with Gasteiger partial charge in [0, 0.05) is 5.69 Å². The number of phenols is 1. The van der Waals surface area contributed by atoms with E-state index in [9.17, 15) is 23.8 Å². The lowest BCUT2D eigenvalue weighted by molar-refractivity contribution is -0.131. The van der Waals surface area contributed by atoms with Gasteiger partial charge >= 0.3 is 0 Å². The molecule has 1 heterocycles. The van der Waals surface area contributed by atoms with E-state index in [0.29, 0.717) is 29.8 Å². The molecule has 38 heavy (non-hydrogen) atoms. The number of phenolic OH excluding ortho intramolecular Hbond substituents is 1. The summed E-state index contributed by atoms with van der Waals surface area (Å²) in [5.74, 6) is -0.805. The fourth-order valence-corrected chi connectivity index (χ4v) is 5.02. The minimum Gasteiger partial charge on any atom is -0.504 e. The fraction of sp³-hybridized carbons (Fsp3) is 0.194. The van der Waals surface area contributed by atoms with Crippen LogP contribution in [0.4, 0.5) is 14.5 Å². The van der Waals surface area contributed by atoms with Crippen molar-refractivity contribution in [2.75, 3.05) is 12.0 Å². The van der Waals surface area contributed by atoms with Crippen molar-refractivity contribution >= 4 is 11.6 Å². The van der Waals surface area contributed by atoms with Gasteiger partial charge in [-0.05, 0) is 83.6 Å². The number of benzene rings is 4.